The molecule has 0 aliphatic heterocycles. The van der Waals surface area contributed by atoms with Gasteiger partial charge in [-0.25, -0.2) is 0 Å². The Morgan fingerprint density at radius 3 is 2.70 bits per heavy atom. The molecule has 0 radical (unpaired) electrons. The van der Waals surface area contributed by atoms with Crippen LogP contribution in [-0.2, 0) is 0 Å². The molecule has 0 heterocycles. The summed E-state index contributed by atoms with van der Waals surface area (Å²) in [5.41, 5.74) is 1.77. The number of hydrogen-bond donors (Lipinski definition) is 2. The fourth-order valence-corrected chi connectivity index (χ4v) is 1.82. The van der Waals surface area contributed by atoms with E-state index in [4.69, 9.17) is 4.74 Å². The average Bonchev–Trinajstić information content (AvgIpc) is 2.44. The highest BCUT2D eigenvalue weighted by Gasteiger charge is 2.12. The fourth-order valence-electron chi connectivity index (χ4n) is 1.82. The van der Waals surface area contributed by atoms with Crippen LogP contribution >= 0.6 is 0 Å². The minimum atomic E-state index is -0.266. The first-order valence-electron chi connectivity index (χ1n) is 6.44. The average molecular weight is 271 g/mol. The number of benzene rings is 2. The van der Waals surface area contributed by atoms with Gasteiger partial charge in [0.15, 0.2) is 0 Å². The van der Waals surface area contributed by atoms with Crippen LogP contribution in [0.5, 0.6) is 11.5 Å². The monoisotopic (exact) mass is 271 g/mol. The van der Waals surface area contributed by atoms with Crippen LogP contribution in [0.2, 0.25) is 0 Å². The van der Waals surface area contributed by atoms with Crippen molar-refractivity contribution in [2.45, 2.75) is 13.8 Å². The number of nitrogens with one attached hydrogen (secondary N) is 1. The number of anilines is 1. The van der Waals surface area contributed by atoms with Crippen molar-refractivity contribution < 1.29 is 14.6 Å². The highest BCUT2D eigenvalue weighted by atomic mass is 16.5. The molecule has 0 atom stereocenters. The Balaban J connectivity index is 2.21. The third kappa shape index (κ3) is 3.09. The van der Waals surface area contributed by atoms with Crippen LogP contribution < -0.4 is 10.1 Å². The van der Waals surface area contributed by atoms with Crippen molar-refractivity contribution in [1.82, 2.24) is 0 Å². The third-order valence-electron chi connectivity index (χ3n) is 2.90. The maximum absolute atomic E-state index is 12.2. The maximum atomic E-state index is 12.2. The summed E-state index contributed by atoms with van der Waals surface area (Å²) in [6, 6.07) is 12.1. The molecule has 0 aliphatic rings. The van der Waals surface area contributed by atoms with Crippen molar-refractivity contribution in [2.24, 2.45) is 0 Å². The molecule has 0 aromatic heterocycles. The van der Waals surface area contributed by atoms with Gasteiger partial charge in [-0.3, -0.25) is 4.79 Å². The molecule has 20 heavy (non-hydrogen) atoms. The van der Waals surface area contributed by atoms with Crippen LogP contribution in [-0.4, -0.2) is 17.6 Å². The maximum Gasteiger partial charge on any atom is 0.259 e. The predicted octanol–water partition coefficient (Wildman–Crippen LogP) is 3.35. The molecular formula is C16H17NO3. The number of amides is 1. The Bertz CT molecular complexity index is 623. The molecule has 0 bridgehead atoms. The van der Waals surface area contributed by atoms with E-state index in [1.807, 2.05) is 13.0 Å². The van der Waals surface area contributed by atoms with E-state index in [0.29, 0.717) is 23.6 Å². The van der Waals surface area contributed by atoms with E-state index in [2.05, 4.69) is 5.32 Å². The summed E-state index contributed by atoms with van der Waals surface area (Å²) in [5, 5.41) is 12.4. The second kappa shape index (κ2) is 6.10. The summed E-state index contributed by atoms with van der Waals surface area (Å²) in [7, 11) is 0. The van der Waals surface area contributed by atoms with Crippen LogP contribution in [0, 0.1) is 6.92 Å². The SMILES string of the molecule is CCOc1ccccc1C(=O)Nc1ccc(C)c(O)c1. The van der Waals surface area contributed by atoms with Crippen molar-refractivity contribution in [3.8, 4) is 11.5 Å². The molecule has 2 N–H and O–H groups in total. The van der Waals surface area contributed by atoms with E-state index in [0.717, 1.165) is 5.56 Å². The number of carbonyl (C=O) groups is 1. The van der Waals surface area contributed by atoms with Gasteiger partial charge in [-0.05, 0) is 37.6 Å². The van der Waals surface area contributed by atoms with Gasteiger partial charge in [-0.1, -0.05) is 18.2 Å². The van der Waals surface area contributed by atoms with Gasteiger partial charge in [0.2, 0.25) is 0 Å². The minimum Gasteiger partial charge on any atom is -0.508 e. The number of aryl methyl sites for hydroxylation is 1. The van der Waals surface area contributed by atoms with Gasteiger partial charge in [-0.15, -0.1) is 0 Å². The molecule has 0 unspecified atom stereocenters. The fraction of sp³-hybridized carbons (Fsp3) is 0.188. The number of ether oxygens (including phenoxy) is 1. The lowest BCUT2D eigenvalue weighted by Gasteiger charge is -2.11. The number of rotatable bonds is 4. The second-order valence-corrected chi connectivity index (χ2v) is 4.38. The molecule has 1 amide bonds. The van der Waals surface area contributed by atoms with Crippen molar-refractivity contribution >= 4 is 11.6 Å². The van der Waals surface area contributed by atoms with Crippen molar-refractivity contribution in [1.29, 1.82) is 0 Å². The zero-order valence-corrected chi connectivity index (χ0v) is 11.5. The highest BCUT2D eigenvalue weighted by Crippen LogP contribution is 2.23. The molecule has 0 saturated carbocycles. The number of para-hydroxylation sites is 1. The molecular weight excluding hydrogens is 254 g/mol. The summed E-state index contributed by atoms with van der Waals surface area (Å²) in [5.74, 6) is 0.432. The topological polar surface area (TPSA) is 58.6 Å². The molecule has 0 fully saturated rings. The lowest BCUT2D eigenvalue weighted by Crippen LogP contribution is -2.13. The van der Waals surface area contributed by atoms with Crippen molar-refractivity contribution in [3.63, 3.8) is 0 Å². The van der Waals surface area contributed by atoms with Gasteiger partial charge < -0.3 is 15.2 Å². The van der Waals surface area contributed by atoms with Crippen LogP contribution in [0.4, 0.5) is 5.69 Å². The first kappa shape index (κ1) is 13.9. The first-order valence-corrected chi connectivity index (χ1v) is 6.44. The summed E-state index contributed by atoms with van der Waals surface area (Å²) >= 11 is 0. The molecule has 4 heteroatoms. The lowest BCUT2D eigenvalue weighted by molar-refractivity contribution is 0.102. The smallest absolute Gasteiger partial charge is 0.259 e. The molecule has 0 saturated heterocycles. The number of hydrogen-bond acceptors (Lipinski definition) is 3. The van der Waals surface area contributed by atoms with Gasteiger partial charge in [-0.2, -0.15) is 0 Å². The number of aromatic hydroxyl groups is 1. The van der Waals surface area contributed by atoms with Gasteiger partial charge in [0, 0.05) is 11.8 Å². The van der Waals surface area contributed by atoms with Gasteiger partial charge in [0.05, 0.1) is 12.2 Å². The number of phenols is 1. The Morgan fingerprint density at radius 1 is 1.25 bits per heavy atom. The summed E-state index contributed by atoms with van der Waals surface area (Å²) in [6.45, 7) is 4.16. The van der Waals surface area contributed by atoms with Gasteiger partial charge >= 0.3 is 0 Å². The minimum absolute atomic E-state index is 0.154. The summed E-state index contributed by atoms with van der Waals surface area (Å²) < 4.78 is 5.43. The zero-order valence-electron chi connectivity index (χ0n) is 11.5. The number of phenolic OH excluding ortho intramolecular Hbond substituents is 1. The molecule has 0 aliphatic carbocycles. The van der Waals surface area contributed by atoms with Crippen LogP contribution in [0.25, 0.3) is 0 Å². The van der Waals surface area contributed by atoms with Crippen molar-refractivity contribution in [3.05, 3.63) is 53.6 Å². The van der Waals surface area contributed by atoms with E-state index < -0.39 is 0 Å². The van der Waals surface area contributed by atoms with E-state index in [1.54, 1.807) is 37.3 Å². The highest BCUT2D eigenvalue weighted by molar-refractivity contribution is 6.06. The van der Waals surface area contributed by atoms with Crippen LogP contribution in [0.1, 0.15) is 22.8 Å². The molecule has 2 rings (SSSR count). The normalized spacial score (nSPS) is 10.1. The summed E-state index contributed by atoms with van der Waals surface area (Å²) in [4.78, 5) is 12.2. The Hall–Kier alpha value is -2.49. The Morgan fingerprint density at radius 2 is 2.00 bits per heavy atom. The standard InChI is InChI=1S/C16H17NO3/c1-3-20-15-7-5-4-6-13(15)16(19)17-12-9-8-11(2)14(18)10-12/h4-10,18H,3H2,1-2H3,(H,17,19). The van der Waals surface area contributed by atoms with Gasteiger partial charge in [0.1, 0.15) is 11.5 Å². The Kier molecular flexibility index (Phi) is 4.25. The van der Waals surface area contributed by atoms with Crippen LogP contribution in [0.3, 0.4) is 0 Å². The van der Waals surface area contributed by atoms with Gasteiger partial charge in [0.25, 0.3) is 5.91 Å². The van der Waals surface area contributed by atoms with E-state index in [-0.39, 0.29) is 11.7 Å². The molecule has 2 aromatic carbocycles. The molecule has 4 nitrogen and oxygen atoms in total. The Labute approximate surface area is 118 Å². The second-order valence-electron chi connectivity index (χ2n) is 4.38. The van der Waals surface area contributed by atoms with E-state index >= 15 is 0 Å². The van der Waals surface area contributed by atoms with Crippen molar-refractivity contribution in [2.75, 3.05) is 11.9 Å². The predicted molar refractivity (Wildman–Crippen MR) is 78.4 cm³/mol. The largest absolute Gasteiger partial charge is 0.508 e. The third-order valence-corrected chi connectivity index (χ3v) is 2.90. The van der Waals surface area contributed by atoms with E-state index in [1.165, 1.54) is 6.07 Å². The quantitative estimate of drug-likeness (QED) is 0.896. The molecule has 0 spiro atoms. The summed E-state index contributed by atoms with van der Waals surface area (Å²) in [6.07, 6.45) is 0. The zero-order chi connectivity index (χ0) is 14.5. The van der Waals surface area contributed by atoms with E-state index in [9.17, 15) is 9.90 Å². The molecule has 104 valence electrons. The van der Waals surface area contributed by atoms with Crippen LogP contribution in [0.15, 0.2) is 42.5 Å². The lowest BCUT2D eigenvalue weighted by atomic mass is 10.1. The molecule has 2 aromatic rings. The number of carbonyl (C=O) groups excluding carboxylic acids is 1. The first-order chi connectivity index (χ1) is 9.61.